The number of pyridine rings is 1. The number of piperazine rings is 1. The Labute approximate surface area is 173 Å². The van der Waals surface area contributed by atoms with E-state index in [0.29, 0.717) is 24.0 Å². The first-order valence-corrected chi connectivity index (χ1v) is 10.6. The molecule has 0 spiro atoms. The van der Waals surface area contributed by atoms with E-state index in [0.717, 1.165) is 35.7 Å². The molecule has 0 bridgehead atoms. The molecule has 1 aromatic carbocycles. The second-order valence-corrected chi connectivity index (χ2v) is 7.96. The maximum Gasteiger partial charge on any atom is 0.274 e. The molecular weight excluding hydrogens is 386 g/mol. The number of hydrogen-bond donors (Lipinski definition) is 0. The number of nitrogens with one attached hydrogen (secondary N) is 1. The molecule has 1 aliphatic heterocycles. The van der Waals surface area contributed by atoms with Crippen LogP contribution in [0.1, 0.15) is 11.1 Å². The third-order valence-electron chi connectivity index (χ3n) is 5.08. The van der Waals surface area contributed by atoms with Crippen LogP contribution >= 0.6 is 11.8 Å². The van der Waals surface area contributed by atoms with Crippen LogP contribution in [0.25, 0.3) is 5.69 Å². The lowest BCUT2D eigenvalue weighted by molar-refractivity contribution is -0.364. The fourth-order valence-corrected chi connectivity index (χ4v) is 4.32. The summed E-state index contributed by atoms with van der Waals surface area (Å²) in [7, 11) is 0. The largest absolute Gasteiger partial charge is 0.334 e. The molecule has 1 aliphatic rings. The fraction of sp³-hybridized carbons (Fsp3) is 0.350. The van der Waals surface area contributed by atoms with Crippen LogP contribution < -0.4 is 9.88 Å². The maximum absolute atomic E-state index is 12.7. The van der Waals surface area contributed by atoms with Crippen molar-refractivity contribution in [2.75, 3.05) is 36.8 Å². The summed E-state index contributed by atoms with van der Waals surface area (Å²) in [5.74, 6) is 1.52. The quantitative estimate of drug-likeness (QED) is 0.594. The molecule has 0 atom stereocenters. The highest BCUT2D eigenvalue weighted by atomic mass is 32.2. The Balaban J connectivity index is 1.36. The summed E-state index contributed by atoms with van der Waals surface area (Å²) in [5.41, 5.74) is 3.17. The first-order chi connectivity index (χ1) is 14.1. The number of carbonyl (C=O) groups is 1. The minimum atomic E-state index is 0.114. The van der Waals surface area contributed by atoms with Gasteiger partial charge in [-0.25, -0.2) is 4.98 Å². The van der Waals surface area contributed by atoms with Gasteiger partial charge in [0.2, 0.25) is 11.1 Å². The molecule has 0 unspecified atom stereocenters. The van der Waals surface area contributed by atoms with Crippen LogP contribution in [0.2, 0.25) is 0 Å². The summed E-state index contributed by atoms with van der Waals surface area (Å²) in [5, 5.41) is 12.7. The molecule has 150 valence electrons. The molecule has 4 rings (SSSR count). The summed E-state index contributed by atoms with van der Waals surface area (Å²) >= 11 is 1.38. The van der Waals surface area contributed by atoms with Gasteiger partial charge >= 0.3 is 0 Å². The van der Waals surface area contributed by atoms with Gasteiger partial charge in [-0.2, -0.15) is 4.68 Å². The van der Waals surface area contributed by atoms with E-state index >= 15 is 0 Å². The molecule has 9 heteroatoms. The van der Waals surface area contributed by atoms with E-state index < -0.39 is 0 Å². The lowest BCUT2D eigenvalue weighted by Gasteiger charge is -2.30. The summed E-state index contributed by atoms with van der Waals surface area (Å²) in [6.07, 6.45) is 1.92. The molecule has 1 N–H and O–H groups in total. The SMILES string of the molecule is Cc1cccc(C)c1-n1nnnc1SCC(=O)N1CCN(c2cccc[nH+]2)CC1. The van der Waals surface area contributed by atoms with Gasteiger partial charge in [0.05, 0.1) is 30.7 Å². The number of tetrazole rings is 1. The topological polar surface area (TPSA) is 81.3 Å². The minimum absolute atomic E-state index is 0.114. The van der Waals surface area contributed by atoms with E-state index in [1.807, 2.05) is 55.3 Å². The van der Waals surface area contributed by atoms with Crippen LogP contribution in [0.3, 0.4) is 0 Å². The summed E-state index contributed by atoms with van der Waals surface area (Å²) in [4.78, 5) is 20.1. The molecule has 1 saturated heterocycles. The van der Waals surface area contributed by atoms with Crippen LogP contribution in [-0.4, -0.2) is 62.9 Å². The Kier molecular flexibility index (Phi) is 5.75. The number of amides is 1. The lowest BCUT2D eigenvalue weighted by atomic mass is 10.1. The number of hydrogen-bond acceptors (Lipinski definition) is 6. The van der Waals surface area contributed by atoms with E-state index in [-0.39, 0.29) is 5.91 Å². The van der Waals surface area contributed by atoms with Gasteiger partial charge in [0.25, 0.3) is 5.82 Å². The Morgan fingerprint density at radius 2 is 1.83 bits per heavy atom. The van der Waals surface area contributed by atoms with Crippen molar-refractivity contribution in [1.82, 2.24) is 25.1 Å². The number of nitrogens with zero attached hydrogens (tertiary/aromatic N) is 6. The zero-order chi connectivity index (χ0) is 20.2. The maximum atomic E-state index is 12.7. The van der Waals surface area contributed by atoms with E-state index in [2.05, 4.69) is 31.5 Å². The monoisotopic (exact) mass is 410 g/mol. The molecule has 0 saturated carbocycles. The standard InChI is InChI=1S/C20H23N7OS/c1-15-6-5-7-16(2)19(15)27-20(22-23-24-27)29-14-18(28)26-12-10-25(11-13-26)17-8-3-4-9-21-17/h3-9H,10-14H2,1-2H3/p+1. The average molecular weight is 411 g/mol. The molecule has 0 radical (unpaired) electrons. The van der Waals surface area contributed by atoms with Crippen molar-refractivity contribution in [3.8, 4) is 5.69 Å². The lowest BCUT2D eigenvalue weighted by Crippen LogP contribution is -2.50. The summed E-state index contributed by atoms with van der Waals surface area (Å²) in [6.45, 7) is 7.13. The molecule has 1 fully saturated rings. The van der Waals surface area contributed by atoms with E-state index in [1.165, 1.54) is 11.8 Å². The smallest absolute Gasteiger partial charge is 0.274 e. The van der Waals surface area contributed by atoms with Gasteiger partial charge in [-0.3, -0.25) is 9.69 Å². The molecule has 2 aromatic heterocycles. The number of thioether (sulfide) groups is 1. The fourth-order valence-electron chi connectivity index (χ4n) is 3.54. The van der Waals surface area contributed by atoms with Gasteiger partial charge < -0.3 is 4.90 Å². The number of aromatic nitrogens is 5. The molecule has 3 aromatic rings. The van der Waals surface area contributed by atoms with Crippen molar-refractivity contribution >= 4 is 23.5 Å². The van der Waals surface area contributed by atoms with Crippen molar-refractivity contribution in [2.45, 2.75) is 19.0 Å². The second kappa shape index (κ2) is 8.60. The Hall–Kier alpha value is -2.94. The first kappa shape index (κ1) is 19.4. The highest BCUT2D eigenvalue weighted by Gasteiger charge is 2.26. The number of H-pyrrole nitrogens is 1. The molecule has 1 amide bonds. The van der Waals surface area contributed by atoms with Gasteiger partial charge in [-0.15, -0.1) is 5.10 Å². The number of aromatic amines is 1. The van der Waals surface area contributed by atoms with Crippen LogP contribution in [-0.2, 0) is 4.79 Å². The molecular formula is C20H24N7OS+. The zero-order valence-electron chi connectivity index (χ0n) is 16.6. The number of carbonyl (C=O) groups excluding carboxylic acids is 1. The van der Waals surface area contributed by atoms with Gasteiger partial charge in [-0.05, 0) is 41.5 Å². The molecule has 0 aliphatic carbocycles. The van der Waals surface area contributed by atoms with Crippen LogP contribution in [0.4, 0.5) is 5.82 Å². The normalized spacial score (nSPS) is 14.3. The molecule has 3 heterocycles. The number of anilines is 1. The highest BCUT2D eigenvalue weighted by Crippen LogP contribution is 2.23. The number of aryl methyl sites for hydroxylation is 2. The van der Waals surface area contributed by atoms with E-state index in [4.69, 9.17) is 0 Å². The van der Waals surface area contributed by atoms with Gasteiger partial charge in [0, 0.05) is 6.07 Å². The minimum Gasteiger partial charge on any atom is -0.334 e. The van der Waals surface area contributed by atoms with Crippen molar-refractivity contribution in [1.29, 1.82) is 0 Å². The van der Waals surface area contributed by atoms with Gasteiger partial charge in [0.1, 0.15) is 13.1 Å². The van der Waals surface area contributed by atoms with Crippen LogP contribution in [0.15, 0.2) is 47.8 Å². The summed E-state index contributed by atoms with van der Waals surface area (Å²) < 4.78 is 1.73. The number of para-hydroxylation sites is 1. The third kappa shape index (κ3) is 4.24. The molecule has 29 heavy (non-hydrogen) atoms. The predicted molar refractivity (Wildman–Crippen MR) is 111 cm³/mol. The Morgan fingerprint density at radius 3 is 2.52 bits per heavy atom. The highest BCUT2D eigenvalue weighted by molar-refractivity contribution is 7.99. The van der Waals surface area contributed by atoms with Crippen molar-refractivity contribution in [2.24, 2.45) is 0 Å². The van der Waals surface area contributed by atoms with Crippen molar-refractivity contribution in [3.05, 3.63) is 53.7 Å². The number of benzene rings is 1. The van der Waals surface area contributed by atoms with Crippen LogP contribution in [0.5, 0.6) is 0 Å². The Bertz CT molecular complexity index is 963. The van der Waals surface area contributed by atoms with Crippen molar-refractivity contribution < 1.29 is 9.78 Å². The van der Waals surface area contributed by atoms with Gasteiger partial charge in [-0.1, -0.05) is 36.0 Å². The summed E-state index contributed by atoms with van der Waals surface area (Å²) in [6, 6.07) is 12.1. The van der Waals surface area contributed by atoms with Gasteiger partial charge in [0.15, 0.2) is 0 Å². The van der Waals surface area contributed by atoms with Crippen molar-refractivity contribution in [3.63, 3.8) is 0 Å². The number of rotatable bonds is 5. The molecule has 8 nitrogen and oxygen atoms in total. The van der Waals surface area contributed by atoms with E-state index in [1.54, 1.807) is 4.68 Å². The second-order valence-electron chi connectivity index (χ2n) is 7.02. The zero-order valence-corrected chi connectivity index (χ0v) is 17.4. The predicted octanol–water partition coefficient (Wildman–Crippen LogP) is 1.53. The Morgan fingerprint density at radius 1 is 1.07 bits per heavy atom. The average Bonchev–Trinajstić information content (AvgIpc) is 3.21. The third-order valence-corrected chi connectivity index (χ3v) is 5.99. The van der Waals surface area contributed by atoms with E-state index in [9.17, 15) is 4.79 Å². The first-order valence-electron chi connectivity index (χ1n) is 9.60. The van der Waals surface area contributed by atoms with Crippen LogP contribution in [0, 0.1) is 13.8 Å².